The van der Waals surface area contributed by atoms with Crippen molar-refractivity contribution in [2.24, 2.45) is 0 Å². The number of aromatic nitrogens is 4. The summed E-state index contributed by atoms with van der Waals surface area (Å²) in [7, 11) is 0. The van der Waals surface area contributed by atoms with Crippen LogP contribution in [0.25, 0.3) is 22.6 Å². The lowest BCUT2D eigenvalue weighted by Crippen LogP contribution is -2.36. The van der Waals surface area contributed by atoms with Crippen molar-refractivity contribution < 1.29 is 9.90 Å². The van der Waals surface area contributed by atoms with Crippen molar-refractivity contribution in [2.75, 3.05) is 0 Å². The number of imidazole rings is 1. The molecule has 0 saturated carbocycles. The Morgan fingerprint density at radius 2 is 2.00 bits per heavy atom. The average molecular weight is 317 g/mol. The number of carbonyl (C=O) groups is 1. The zero-order chi connectivity index (χ0) is 15.9. The van der Waals surface area contributed by atoms with Crippen molar-refractivity contribution in [3.05, 3.63) is 41.8 Å². The summed E-state index contributed by atoms with van der Waals surface area (Å²) in [6.07, 6.45) is 4.75. The molecule has 1 N–H and O–H groups in total. The van der Waals surface area contributed by atoms with E-state index in [1.807, 2.05) is 0 Å². The van der Waals surface area contributed by atoms with E-state index in [1.54, 1.807) is 49.0 Å². The summed E-state index contributed by atoms with van der Waals surface area (Å²) in [5, 5.41) is 10.0. The third-order valence-corrected chi connectivity index (χ3v) is 3.69. The lowest BCUT2D eigenvalue weighted by atomic mass is 10.0. The molecule has 0 saturated heterocycles. The first-order valence-electron chi connectivity index (χ1n) is 6.59. The van der Waals surface area contributed by atoms with Crippen molar-refractivity contribution in [3.8, 4) is 11.4 Å². The van der Waals surface area contributed by atoms with E-state index in [4.69, 9.17) is 11.6 Å². The van der Waals surface area contributed by atoms with E-state index < -0.39 is 11.5 Å². The van der Waals surface area contributed by atoms with Gasteiger partial charge in [0.25, 0.3) is 0 Å². The number of nitrogens with zero attached hydrogens (tertiary/aromatic N) is 4. The highest BCUT2D eigenvalue weighted by Crippen LogP contribution is 2.31. The van der Waals surface area contributed by atoms with E-state index >= 15 is 0 Å². The molecule has 3 rings (SSSR count). The second kappa shape index (κ2) is 5.06. The Bertz CT molecular complexity index is 859. The van der Waals surface area contributed by atoms with Crippen molar-refractivity contribution in [3.63, 3.8) is 0 Å². The fraction of sp³-hybridized carbons (Fsp3) is 0.200. The highest BCUT2D eigenvalue weighted by atomic mass is 35.5. The minimum absolute atomic E-state index is 0.451. The Hall–Kier alpha value is -2.47. The standard InChI is InChI=1S/C15H13ClN4O2/c1-15(2,14(21)22)20-12(9-3-5-17-6-4-9)19-11-7-10(16)8-18-13(11)20/h3-8H,1-2H3,(H,21,22). The summed E-state index contributed by atoms with van der Waals surface area (Å²) in [5.41, 5.74) is 0.574. The molecule has 22 heavy (non-hydrogen) atoms. The fourth-order valence-corrected chi connectivity index (χ4v) is 2.41. The minimum Gasteiger partial charge on any atom is -0.480 e. The summed E-state index contributed by atoms with van der Waals surface area (Å²) in [6.45, 7) is 3.22. The molecule has 0 aliphatic carbocycles. The second-order valence-corrected chi connectivity index (χ2v) is 5.80. The van der Waals surface area contributed by atoms with Crippen molar-refractivity contribution in [2.45, 2.75) is 19.4 Å². The number of aliphatic carboxylic acids is 1. The van der Waals surface area contributed by atoms with Crippen LogP contribution in [0.15, 0.2) is 36.8 Å². The van der Waals surface area contributed by atoms with E-state index in [2.05, 4.69) is 15.0 Å². The van der Waals surface area contributed by atoms with Gasteiger partial charge in [-0.05, 0) is 32.0 Å². The third kappa shape index (κ3) is 2.21. The van der Waals surface area contributed by atoms with Gasteiger partial charge in [0.2, 0.25) is 0 Å². The Balaban J connectivity index is 2.39. The summed E-state index contributed by atoms with van der Waals surface area (Å²) in [5.74, 6) is -0.460. The van der Waals surface area contributed by atoms with Crippen molar-refractivity contribution in [1.82, 2.24) is 19.5 Å². The van der Waals surface area contributed by atoms with Gasteiger partial charge in [-0.15, -0.1) is 0 Å². The van der Waals surface area contributed by atoms with E-state index in [1.165, 1.54) is 6.20 Å². The number of carboxylic acids is 1. The Morgan fingerprint density at radius 1 is 1.32 bits per heavy atom. The predicted octanol–water partition coefficient (Wildman–Crippen LogP) is 2.97. The molecule has 0 aliphatic heterocycles. The van der Waals surface area contributed by atoms with Gasteiger partial charge in [-0.2, -0.15) is 0 Å². The van der Waals surface area contributed by atoms with Gasteiger partial charge >= 0.3 is 5.97 Å². The highest BCUT2D eigenvalue weighted by molar-refractivity contribution is 6.31. The van der Waals surface area contributed by atoms with Crippen LogP contribution in [0, 0.1) is 0 Å². The SMILES string of the molecule is CC(C)(C(=O)O)n1c(-c2ccncc2)nc2cc(Cl)cnc21. The Morgan fingerprint density at radius 3 is 2.64 bits per heavy atom. The molecule has 0 atom stereocenters. The zero-order valence-electron chi connectivity index (χ0n) is 12.0. The van der Waals surface area contributed by atoms with Gasteiger partial charge in [0.1, 0.15) is 16.9 Å². The summed E-state index contributed by atoms with van der Waals surface area (Å²) < 4.78 is 1.61. The molecular formula is C15H13ClN4O2. The van der Waals surface area contributed by atoms with E-state index in [0.29, 0.717) is 22.0 Å². The van der Waals surface area contributed by atoms with Gasteiger partial charge in [0.05, 0.1) is 5.02 Å². The Labute approximate surface area is 131 Å². The van der Waals surface area contributed by atoms with Crippen LogP contribution in [0.2, 0.25) is 5.02 Å². The smallest absolute Gasteiger partial charge is 0.329 e. The number of rotatable bonds is 3. The van der Waals surface area contributed by atoms with Gasteiger partial charge in [0.15, 0.2) is 5.65 Å². The lowest BCUT2D eigenvalue weighted by molar-refractivity contribution is -0.145. The molecule has 0 bridgehead atoms. The zero-order valence-corrected chi connectivity index (χ0v) is 12.7. The van der Waals surface area contributed by atoms with Crippen LogP contribution < -0.4 is 0 Å². The predicted molar refractivity (Wildman–Crippen MR) is 82.7 cm³/mol. The Kier molecular flexibility index (Phi) is 3.33. The quantitative estimate of drug-likeness (QED) is 0.803. The summed E-state index contributed by atoms with van der Waals surface area (Å²) in [4.78, 5) is 24.5. The molecule has 3 aromatic heterocycles. The fourth-order valence-electron chi connectivity index (χ4n) is 2.26. The van der Waals surface area contributed by atoms with E-state index in [-0.39, 0.29) is 0 Å². The maximum Gasteiger partial charge on any atom is 0.329 e. The minimum atomic E-state index is -1.21. The molecule has 0 aliphatic rings. The summed E-state index contributed by atoms with van der Waals surface area (Å²) >= 11 is 5.97. The van der Waals surface area contributed by atoms with Crippen LogP contribution >= 0.6 is 11.6 Å². The van der Waals surface area contributed by atoms with Gasteiger partial charge in [-0.25, -0.2) is 14.8 Å². The molecule has 6 nitrogen and oxygen atoms in total. The molecule has 3 aromatic rings. The lowest BCUT2D eigenvalue weighted by Gasteiger charge is -2.24. The number of carboxylic acid groups (broad SMARTS) is 1. The maximum atomic E-state index is 11.7. The average Bonchev–Trinajstić information content (AvgIpc) is 2.87. The van der Waals surface area contributed by atoms with Crippen LogP contribution in [0.1, 0.15) is 13.8 Å². The number of fused-ring (bicyclic) bond motifs is 1. The van der Waals surface area contributed by atoms with E-state index in [9.17, 15) is 9.90 Å². The number of pyridine rings is 2. The maximum absolute atomic E-state index is 11.7. The molecule has 112 valence electrons. The highest BCUT2D eigenvalue weighted by Gasteiger charge is 2.34. The second-order valence-electron chi connectivity index (χ2n) is 5.37. The number of hydrogen-bond donors (Lipinski definition) is 1. The topological polar surface area (TPSA) is 80.9 Å². The van der Waals surface area contributed by atoms with Crippen molar-refractivity contribution in [1.29, 1.82) is 0 Å². The molecule has 7 heteroatoms. The first-order chi connectivity index (χ1) is 10.4. The van der Waals surface area contributed by atoms with Crippen LogP contribution in [-0.2, 0) is 10.3 Å². The first-order valence-corrected chi connectivity index (χ1v) is 6.97. The molecule has 0 radical (unpaired) electrons. The molecule has 0 amide bonds. The van der Waals surface area contributed by atoms with Gasteiger partial charge in [-0.1, -0.05) is 11.6 Å². The normalized spacial score (nSPS) is 11.8. The number of halogens is 1. The van der Waals surface area contributed by atoms with Gasteiger partial charge in [0, 0.05) is 24.2 Å². The first kappa shape index (κ1) is 14.5. The van der Waals surface area contributed by atoms with Crippen LogP contribution in [0.4, 0.5) is 0 Å². The van der Waals surface area contributed by atoms with Crippen molar-refractivity contribution >= 4 is 28.7 Å². The van der Waals surface area contributed by atoms with E-state index in [0.717, 1.165) is 5.56 Å². The molecule has 3 heterocycles. The van der Waals surface area contributed by atoms with Crippen LogP contribution in [0.5, 0.6) is 0 Å². The molecular weight excluding hydrogens is 304 g/mol. The van der Waals surface area contributed by atoms with Gasteiger partial charge in [-0.3, -0.25) is 9.55 Å². The van der Waals surface area contributed by atoms with Crippen LogP contribution in [-0.4, -0.2) is 30.6 Å². The van der Waals surface area contributed by atoms with Gasteiger partial charge < -0.3 is 5.11 Å². The molecule has 0 unspecified atom stereocenters. The largest absolute Gasteiger partial charge is 0.480 e. The monoisotopic (exact) mass is 316 g/mol. The number of hydrogen-bond acceptors (Lipinski definition) is 4. The molecule has 0 spiro atoms. The third-order valence-electron chi connectivity index (χ3n) is 3.48. The van der Waals surface area contributed by atoms with Crippen LogP contribution in [0.3, 0.4) is 0 Å². The molecule has 0 fully saturated rings. The molecule has 0 aromatic carbocycles. The summed E-state index contributed by atoms with van der Waals surface area (Å²) in [6, 6.07) is 5.22.